The van der Waals surface area contributed by atoms with Crippen LogP contribution in [0.15, 0.2) is 42.9 Å². The summed E-state index contributed by atoms with van der Waals surface area (Å²) in [6.45, 7) is 1.25. The molecule has 194 valence electrons. The number of benzene rings is 1. The van der Waals surface area contributed by atoms with Gasteiger partial charge in [-0.1, -0.05) is 36.8 Å². The van der Waals surface area contributed by atoms with Crippen molar-refractivity contribution in [2.75, 3.05) is 39.0 Å². The minimum atomic E-state index is -0.355. The van der Waals surface area contributed by atoms with Crippen molar-refractivity contribution >= 4 is 17.8 Å². The minimum Gasteiger partial charge on any atom is -0.317 e. The highest BCUT2D eigenvalue weighted by molar-refractivity contribution is 5.95. The number of amides is 3. The van der Waals surface area contributed by atoms with Gasteiger partial charge in [0.25, 0.3) is 0 Å². The number of nitrogens with one attached hydrogen (secondary N) is 1. The van der Waals surface area contributed by atoms with Crippen LogP contribution in [0.2, 0.25) is 0 Å². The van der Waals surface area contributed by atoms with Crippen molar-refractivity contribution < 1.29 is 9.59 Å². The van der Waals surface area contributed by atoms with Crippen molar-refractivity contribution in [3.8, 4) is 6.07 Å². The van der Waals surface area contributed by atoms with Crippen LogP contribution in [0, 0.1) is 17.2 Å². The smallest absolute Gasteiger partial charge is 0.317 e. The normalized spacial score (nSPS) is 25.8. The predicted octanol–water partition coefficient (Wildman–Crippen LogP) is 3.59. The Morgan fingerprint density at radius 3 is 2.54 bits per heavy atom. The SMILES string of the molecule is CN(C)[C@]1(c2ccccc2)CC[C@]2(CC1)CN(CC(=O)Nc1ncncc1C#N)C(=O)N2CC1CCC1. The first kappa shape index (κ1) is 25.2. The summed E-state index contributed by atoms with van der Waals surface area (Å²) >= 11 is 0. The van der Waals surface area contributed by atoms with E-state index in [2.05, 4.69) is 69.5 Å². The molecular weight excluding hydrogens is 466 g/mol. The monoisotopic (exact) mass is 501 g/mol. The average molecular weight is 502 g/mol. The van der Waals surface area contributed by atoms with Gasteiger partial charge < -0.3 is 15.1 Å². The standard InChI is InChI=1S/C28H35N7O2/c1-33(2)28(23-9-4-3-5-10-23)13-11-27(12-14-28)19-34(26(37)35(27)17-21-7-6-8-21)18-24(36)32-25-22(15-29)16-30-20-31-25/h3-5,9-10,16,20-21H,6-8,11-14,17-19H2,1-2H3,(H,30,31,32,36)/t27-,28+. The molecule has 1 saturated heterocycles. The third kappa shape index (κ3) is 4.66. The van der Waals surface area contributed by atoms with E-state index < -0.39 is 0 Å². The van der Waals surface area contributed by atoms with Crippen molar-refractivity contribution in [3.63, 3.8) is 0 Å². The number of aromatic nitrogens is 2. The molecule has 0 radical (unpaired) electrons. The molecule has 37 heavy (non-hydrogen) atoms. The number of rotatable bonds is 7. The molecule has 0 unspecified atom stereocenters. The maximum absolute atomic E-state index is 13.7. The number of carbonyl (C=O) groups excluding carboxylic acids is 2. The Bertz CT molecular complexity index is 1180. The summed E-state index contributed by atoms with van der Waals surface area (Å²) in [6.07, 6.45) is 9.89. The van der Waals surface area contributed by atoms with E-state index in [1.54, 1.807) is 4.90 Å². The van der Waals surface area contributed by atoms with Gasteiger partial charge in [-0.3, -0.25) is 9.69 Å². The van der Waals surface area contributed by atoms with Crippen LogP contribution in [0.25, 0.3) is 0 Å². The van der Waals surface area contributed by atoms with Crippen LogP contribution in [0.5, 0.6) is 0 Å². The molecule has 1 aliphatic heterocycles. The zero-order valence-corrected chi connectivity index (χ0v) is 21.7. The lowest BCUT2D eigenvalue weighted by atomic mass is 9.68. The van der Waals surface area contributed by atoms with Crippen LogP contribution in [0.1, 0.15) is 56.1 Å². The van der Waals surface area contributed by atoms with Crippen LogP contribution in [-0.2, 0) is 10.3 Å². The fraction of sp³-hybridized carbons (Fsp3) is 0.536. The molecule has 1 aromatic carbocycles. The van der Waals surface area contributed by atoms with Crippen LogP contribution in [-0.4, -0.2) is 75.9 Å². The summed E-state index contributed by atoms with van der Waals surface area (Å²) in [5.41, 5.74) is 1.18. The first-order valence-corrected chi connectivity index (χ1v) is 13.2. The Morgan fingerprint density at radius 1 is 1.19 bits per heavy atom. The second kappa shape index (κ2) is 10.1. The lowest BCUT2D eigenvalue weighted by Crippen LogP contribution is -2.56. The second-order valence-electron chi connectivity index (χ2n) is 11.0. The van der Waals surface area contributed by atoms with Gasteiger partial charge in [0.15, 0.2) is 5.82 Å². The van der Waals surface area contributed by atoms with Crippen LogP contribution < -0.4 is 5.32 Å². The Labute approximate surface area is 218 Å². The highest BCUT2D eigenvalue weighted by Crippen LogP contribution is 2.49. The van der Waals surface area contributed by atoms with Gasteiger partial charge in [-0.15, -0.1) is 0 Å². The summed E-state index contributed by atoms with van der Waals surface area (Å²) in [6, 6.07) is 12.6. The van der Waals surface area contributed by atoms with E-state index >= 15 is 0 Å². The maximum atomic E-state index is 13.7. The molecule has 3 amide bonds. The lowest BCUT2D eigenvalue weighted by molar-refractivity contribution is -0.116. The Hall–Kier alpha value is -3.51. The average Bonchev–Trinajstić information content (AvgIpc) is 3.12. The number of carbonyl (C=O) groups is 2. The highest BCUT2D eigenvalue weighted by atomic mass is 16.2. The second-order valence-corrected chi connectivity index (χ2v) is 11.0. The van der Waals surface area contributed by atoms with Crippen molar-refractivity contribution in [2.24, 2.45) is 5.92 Å². The molecule has 1 aromatic heterocycles. The molecule has 9 heteroatoms. The van der Waals surface area contributed by atoms with Gasteiger partial charge in [-0.2, -0.15) is 5.26 Å². The fourth-order valence-corrected chi connectivity index (χ4v) is 6.37. The summed E-state index contributed by atoms with van der Waals surface area (Å²) in [5, 5.41) is 12.0. The van der Waals surface area contributed by atoms with E-state index in [0.717, 1.165) is 45.1 Å². The summed E-state index contributed by atoms with van der Waals surface area (Å²) in [7, 11) is 4.30. The molecule has 2 heterocycles. The molecule has 9 nitrogen and oxygen atoms in total. The first-order chi connectivity index (χ1) is 17.9. The van der Waals surface area contributed by atoms with Gasteiger partial charge >= 0.3 is 6.03 Å². The quantitative estimate of drug-likeness (QED) is 0.622. The minimum absolute atomic E-state index is 0.0534. The Kier molecular flexibility index (Phi) is 6.86. The number of nitrogens with zero attached hydrogens (tertiary/aromatic N) is 6. The Morgan fingerprint density at radius 2 is 1.92 bits per heavy atom. The topological polar surface area (TPSA) is 105 Å². The molecular formula is C28H35N7O2. The van der Waals surface area contributed by atoms with E-state index in [1.165, 1.54) is 24.5 Å². The van der Waals surface area contributed by atoms with Gasteiger partial charge in [0.2, 0.25) is 5.91 Å². The molecule has 2 aliphatic carbocycles. The van der Waals surface area contributed by atoms with E-state index in [0.29, 0.717) is 12.5 Å². The van der Waals surface area contributed by atoms with Crippen LogP contribution in [0.4, 0.5) is 10.6 Å². The van der Waals surface area contributed by atoms with E-state index in [9.17, 15) is 14.9 Å². The number of hydrogen-bond donors (Lipinski definition) is 1. The number of urea groups is 1. The molecule has 2 aromatic rings. The van der Waals surface area contributed by atoms with Gasteiger partial charge in [0.1, 0.15) is 24.5 Å². The predicted molar refractivity (Wildman–Crippen MR) is 139 cm³/mol. The zero-order valence-electron chi connectivity index (χ0n) is 21.7. The molecule has 0 atom stereocenters. The molecule has 5 rings (SSSR count). The van der Waals surface area contributed by atoms with E-state index in [4.69, 9.17) is 0 Å². The first-order valence-electron chi connectivity index (χ1n) is 13.2. The zero-order chi connectivity index (χ0) is 26.0. The summed E-state index contributed by atoms with van der Waals surface area (Å²) in [4.78, 5) is 40.6. The van der Waals surface area contributed by atoms with E-state index in [-0.39, 0.29) is 40.9 Å². The summed E-state index contributed by atoms with van der Waals surface area (Å²) < 4.78 is 0. The molecule has 2 saturated carbocycles. The van der Waals surface area contributed by atoms with Crippen LogP contribution >= 0.6 is 0 Å². The molecule has 1 N–H and O–H groups in total. The maximum Gasteiger partial charge on any atom is 0.321 e. The molecule has 3 aliphatic rings. The van der Waals surface area contributed by atoms with Crippen molar-refractivity contribution in [3.05, 3.63) is 54.0 Å². The molecule has 0 bridgehead atoms. The summed E-state index contributed by atoms with van der Waals surface area (Å²) in [5.74, 6) is 0.363. The molecule has 1 spiro atoms. The van der Waals surface area contributed by atoms with Crippen LogP contribution in [0.3, 0.4) is 0 Å². The molecule has 3 fully saturated rings. The third-order valence-electron chi connectivity index (χ3n) is 8.82. The highest BCUT2D eigenvalue weighted by Gasteiger charge is 2.55. The number of anilines is 1. The third-order valence-corrected chi connectivity index (χ3v) is 8.82. The van der Waals surface area contributed by atoms with E-state index in [1.807, 2.05) is 6.07 Å². The number of nitriles is 1. The fourth-order valence-electron chi connectivity index (χ4n) is 6.37. The van der Waals surface area contributed by atoms with Gasteiger partial charge in [0, 0.05) is 18.6 Å². The van der Waals surface area contributed by atoms with Gasteiger partial charge in [-0.05, 0) is 64.1 Å². The van der Waals surface area contributed by atoms with Crippen molar-refractivity contribution in [1.82, 2.24) is 24.7 Å². The lowest BCUT2D eigenvalue weighted by Gasteiger charge is -2.51. The number of hydrogen-bond acceptors (Lipinski definition) is 6. The largest absolute Gasteiger partial charge is 0.321 e. The van der Waals surface area contributed by atoms with Gasteiger partial charge in [-0.25, -0.2) is 14.8 Å². The Balaban J connectivity index is 1.35. The van der Waals surface area contributed by atoms with Crippen molar-refractivity contribution in [1.29, 1.82) is 5.26 Å². The van der Waals surface area contributed by atoms with Crippen molar-refractivity contribution in [2.45, 2.75) is 56.0 Å². The van der Waals surface area contributed by atoms with Gasteiger partial charge in [0.05, 0.1) is 11.7 Å².